The molecule has 2 nitrogen and oxygen atoms in total. The van der Waals surface area contributed by atoms with Crippen molar-refractivity contribution in [2.75, 3.05) is 13.1 Å². The molecule has 1 N–H and O–H groups in total. The van der Waals surface area contributed by atoms with Crippen molar-refractivity contribution in [3.8, 4) is 5.75 Å². The second-order valence-corrected chi connectivity index (χ2v) is 4.00. The minimum absolute atomic E-state index is 0. The molecule has 0 amide bonds. The summed E-state index contributed by atoms with van der Waals surface area (Å²) in [6.07, 6.45) is 2.02. The SMILES string of the molecule is Cl.Fc1cccc(OC2CCNCC2)c1Cl. The summed E-state index contributed by atoms with van der Waals surface area (Å²) in [5.41, 5.74) is 0. The molecule has 90 valence electrons. The highest BCUT2D eigenvalue weighted by Crippen LogP contribution is 2.28. The molecule has 1 aromatic carbocycles. The van der Waals surface area contributed by atoms with Gasteiger partial charge < -0.3 is 10.1 Å². The van der Waals surface area contributed by atoms with Crippen LogP contribution in [-0.2, 0) is 0 Å². The van der Waals surface area contributed by atoms with Crippen LogP contribution in [0.4, 0.5) is 4.39 Å². The quantitative estimate of drug-likeness (QED) is 0.888. The summed E-state index contributed by atoms with van der Waals surface area (Å²) < 4.78 is 18.8. The molecule has 0 aromatic heterocycles. The summed E-state index contributed by atoms with van der Waals surface area (Å²) in [7, 11) is 0. The summed E-state index contributed by atoms with van der Waals surface area (Å²) in [6, 6.07) is 4.64. The smallest absolute Gasteiger partial charge is 0.145 e. The van der Waals surface area contributed by atoms with E-state index in [1.54, 1.807) is 12.1 Å². The van der Waals surface area contributed by atoms with E-state index < -0.39 is 5.82 Å². The standard InChI is InChI=1S/C11H13ClFNO.ClH/c12-11-9(13)2-1-3-10(11)15-8-4-6-14-7-5-8;/h1-3,8,14H,4-7H2;1H. The van der Waals surface area contributed by atoms with Crippen molar-refractivity contribution < 1.29 is 9.13 Å². The van der Waals surface area contributed by atoms with Gasteiger partial charge >= 0.3 is 0 Å². The molecule has 0 spiro atoms. The van der Waals surface area contributed by atoms with E-state index in [9.17, 15) is 4.39 Å². The van der Waals surface area contributed by atoms with E-state index in [4.69, 9.17) is 16.3 Å². The van der Waals surface area contributed by atoms with Crippen molar-refractivity contribution in [3.05, 3.63) is 29.0 Å². The van der Waals surface area contributed by atoms with Crippen LogP contribution >= 0.6 is 24.0 Å². The Hall–Kier alpha value is -0.510. The fourth-order valence-electron chi connectivity index (χ4n) is 1.67. The number of ether oxygens (including phenoxy) is 1. The zero-order chi connectivity index (χ0) is 10.7. The number of piperidine rings is 1. The second-order valence-electron chi connectivity index (χ2n) is 3.62. The van der Waals surface area contributed by atoms with Gasteiger partial charge in [0, 0.05) is 0 Å². The van der Waals surface area contributed by atoms with Crippen LogP contribution in [0.2, 0.25) is 5.02 Å². The third-order valence-electron chi connectivity index (χ3n) is 2.50. The minimum Gasteiger partial charge on any atom is -0.489 e. The Morgan fingerprint density at radius 1 is 1.31 bits per heavy atom. The topological polar surface area (TPSA) is 21.3 Å². The summed E-state index contributed by atoms with van der Waals surface area (Å²) >= 11 is 5.80. The molecule has 16 heavy (non-hydrogen) atoms. The molecule has 0 unspecified atom stereocenters. The first-order valence-corrected chi connectivity index (χ1v) is 5.46. The lowest BCUT2D eigenvalue weighted by Gasteiger charge is -2.24. The molecule has 0 bridgehead atoms. The lowest BCUT2D eigenvalue weighted by Crippen LogP contribution is -2.34. The fourth-order valence-corrected chi connectivity index (χ4v) is 1.84. The Bertz CT molecular complexity index is 343. The maximum atomic E-state index is 13.1. The number of hydrogen-bond acceptors (Lipinski definition) is 2. The molecule has 0 atom stereocenters. The normalized spacial score (nSPS) is 16.6. The Labute approximate surface area is 106 Å². The average Bonchev–Trinajstić information content (AvgIpc) is 2.26. The maximum absolute atomic E-state index is 13.1. The van der Waals surface area contributed by atoms with Crippen LogP contribution in [0.25, 0.3) is 0 Å². The van der Waals surface area contributed by atoms with E-state index >= 15 is 0 Å². The summed E-state index contributed by atoms with van der Waals surface area (Å²) in [6.45, 7) is 1.88. The number of nitrogens with one attached hydrogen (secondary N) is 1. The zero-order valence-corrected chi connectivity index (χ0v) is 10.3. The van der Waals surface area contributed by atoms with E-state index in [0.29, 0.717) is 5.75 Å². The molecule has 1 aliphatic heterocycles. The Morgan fingerprint density at radius 3 is 2.69 bits per heavy atom. The maximum Gasteiger partial charge on any atom is 0.145 e. The predicted molar refractivity (Wildman–Crippen MR) is 65.2 cm³/mol. The van der Waals surface area contributed by atoms with Crippen molar-refractivity contribution in [2.45, 2.75) is 18.9 Å². The molecule has 0 saturated carbocycles. The van der Waals surface area contributed by atoms with Crippen molar-refractivity contribution in [1.82, 2.24) is 5.32 Å². The summed E-state index contributed by atoms with van der Waals surface area (Å²) in [5.74, 6) is 0.0201. The van der Waals surface area contributed by atoms with Crippen LogP contribution in [0.3, 0.4) is 0 Å². The molecule has 0 aliphatic carbocycles. The molecular formula is C11H14Cl2FNO. The predicted octanol–water partition coefficient (Wildman–Crippen LogP) is 3.03. The van der Waals surface area contributed by atoms with E-state index in [1.165, 1.54) is 6.07 Å². The molecule has 2 rings (SSSR count). The Kier molecular flexibility index (Phi) is 5.32. The highest BCUT2D eigenvalue weighted by Gasteiger charge is 2.16. The van der Waals surface area contributed by atoms with E-state index in [0.717, 1.165) is 25.9 Å². The molecule has 0 radical (unpaired) electrons. The van der Waals surface area contributed by atoms with Gasteiger partial charge in [0.2, 0.25) is 0 Å². The first kappa shape index (κ1) is 13.6. The van der Waals surface area contributed by atoms with Crippen LogP contribution in [0.1, 0.15) is 12.8 Å². The van der Waals surface area contributed by atoms with Crippen LogP contribution in [0.5, 0.6) is 5.75 Å². The number of hydrogen-bond donors (Lipinski definition) is 1. The third kappa shape index (κ3) is 3.24. The van der Waals surface area contributed by atoms with Gasteiger partial charge in [-0.3, -0.25) is 0 Å². The summed E-state index contributed by atoms with van der Waals surface area (Å²) in [4.78, 5) is 0. The lowest BCUT2D eigenvalue weighted by atomic mass is 10.1. The van der Waals surface area contributed by atoms with Gasteiger partial charge in [0.05, 0.1) is 0 Å². The molecule has 1 heterocycles. The Balaban J connectivity index is 0.00000128. The molecule has 1 saturated heterocycles. The first-order valence-electron chi connectivity index (χ1n) is 5.09. The lowest BCUT2D eigenvalue weighted by molar-refractivity contribution is 0.162. The minimum atomic E-state index is -0.428. The van der Waals surface area contributed by atoms with Gasteiger partial charge in [-0.05, 0) is 38.1 Å². The first-order chi connectivity index (χ1) is 7.27. The van der Waals surface area contributed by atoms with E-state index in [-0.39, 0.29) is 23.5 Å². The highest BCUT2D eigenvalue weighted by molar-refractivity contribution is 6.32. The van der Waals surface area contributed by atoms with Crippen molar-refractivity contribution >= 4 is 24.0 Å². The molecule has 5 heteroatoms. The van der Waals surface area contributed by atoms with Crippen molar-refractivity contribution in [2.24, 2.45) is 0 Å². The Morgan fingerprint density at radius 2 is 2.00 bits per heavy atom. The molecule has 1 aliphatic rings. The van der Waals surface area contributed by atoms with Crippen LogP contribution in [-0.4, -0.2) is 19.2 Å². The molecule has 1 fully saturated rings. The fraction of sp³-hybridized carbons (Fsp3) is 0.455. The van der Waals surface area contributed by atoms with Gasteiger partial charge in [-0.1, -0.05) is 17.7 Å². The van der Waals surface area contributed by atoms with Gasteiger partial charge in [-0.2, -0.15) is 0 Å². The number of rotatable bonds is 2. The van der Waals surface area contributed by atoms with Crippen molar-refractivity contribution in [1.29, 1.82) is 0 Å². The van der Waals surface area contributed by atoms with Gasteiger partial charge in [-0.25, -0.2) is 4.39 Å². The highest BCUT2D eigenvalue weighted by atomic mass is 35.5. The van der Waals surface area contributed by atoms with Crippen LogP contribution < -0.4 is 10.1 Å². The van der Waals surface area contributed by atoms with Gasteiger partial charge in [-0.15, -0.1) is 12.4 Å². The largest absolute Gasteiger partial charge is 0.489 e. The van der Waals surface area contributed by atoms with Gasteiger partial charge in [0.15, 0.2) is 0 Å². The van der Waals surface area contributed by atoms with E-state index in [1.807, 2.05) is 0 Å². The van der Waals surface area contributed by atoms with E-state index in [2.05, 4.69) is 5.32 Å². The van der Waals surface area contributed by atoms with Gasteiger partial charge in [0.25, 0.3) is 0 Å². The monoisotopic (exact) mass is 265 g/mol. The molecular weight excluding hydrogens is 252 g/mol. The zero-order valence-electron chi connectivity index (χ0n) is 8.71. The average molecular weight is 266 g/mol. The third-order valence-corrected chi connectivity index (χ3v) is 2.86. The number of halogens is 3. The summed E-state index contributed by atoms with van der Waals surface area (Å²) in [5, 5.41) is 3.32. The molecule has 1 aromatic rings. The van der Waals surface area contributed by atoms with Crippen LogP contribution in [0.15, 0.2) is 18.2 Å². The van der Waals surface area contributed by atoms with Crippen LogP contribution in [0, 0.1) is 5.82 Å². The number of benzene rings is 1. The van der Waals surface area contributed by atoms with Gasteiger partial charge in [0.1, 0.15) is 22.7 Å². The van der Waals surface area contributed by atoms with Crippen molar-refractivity contribution in [3.63, 3.8) is 0 Å². The second kappa shape index (κ2) is 6.28.